The average Bonchev–Trinajstić information content (AvgIpc) is 2.12. The van der Waals surface area contributed by atoms with E-state index in [1.165, 1.54) is 0 Å². The van der Waals surface area contributed by atoms with Crippen LogP contribution >= 0.6 is 0 Å². The summed E-state index contributed by atoms with van der Waals surface area (Å²) in [7, 11) is 0. The van der Waals surface area contributed by atoms with Crippen LogP contribution in [0.15, 0.2) is 24.3 Å². The number of phenolic OH excluding ortho intramolecular Hbond substituents is 1. The maximum Gasteiger partial charge on any atom is 0.115 e. The van der Waals surface area contributed by atoms with E-state index in [1.807, 2.05) is 32.9 Å². The fourth-order valence-electron chi connectivity index (χ4n) is 1.45. The molecule has 0 fully saturated rings. The summed E-state index contributed by atoms with van der Waals surface area (Å²) < 4.78 is 0. The molecule has 2 heteroatoms. The fourth-order valence-corrected chi connectivity index (χ4v) is 1.45. The summed E-state index contributed by atoms with van der Waals surface area (Å²) >= 11 is 0. The van der Waals surface area contributed by atoms with Crippen LogP contribution in [0, 0.1) is 5.41 Å². The van der Waals surface area contributed by atoms with Crippen molar-refractivity contribution in [2.45, 2.75) is 39.7 Å². The average molecular weight is 208 g/mol. The minimum absolute atomic E-state index is 0.0726. The van der Waals surface area contributed by atoms with E-state index >= 15 is 0 Å². The Bertz CT molecular complexity index is 313. The number of hydrogen-bond acceptors (Lipinski definition) is 2. The Morgan fingerprint density at radius 1 is 1.27 bits per heavy atom. The van der Waals surface area contributed by atoms with E-state index in [2.05, 4.69) is 0 Å². The third-order valence-corrected chi connectivity index (χ3v) is 2.62. The molecule has 1 unspecified atom stereocenters. The molecule has 0 amide bonds. The minimum atomic E-state index is -0.306. The van der Waals surface area contributed by atoms with Crippen LogP contribution < -0.4 is 0 Å². The molecule has 2 N–H and O–H groups in total. The van der Waals surface area contributed by atoms with Gasteiger partial charge >= 0.3 is 0 Å². The summed E-state index contributed by atoms with van der Waals surface area (Å²) in [6.45, 7) is 6.08. The molecular formula is C13H20O2. The van der Waals surface area contributed by atoms with Crippen LogP contribution in [0.5, 0.6) is 5.75 Å². The number of rotatable bonds is 3. The van der Waals surface area contributed by atoms with Gasteiger partial charge in [0.05, 0.1) is 6.10 Å². The van der Waals surface area contributed by atoms with Gasteiger partial charge in [0.15, 0.2) is 0 Å². The first-order valence-corrected chi connectivity index (χ1v) is 5.35. The Morgan fingerprint density at radius 2 is 1.93 bits per heavy atom. The molecule has 0 radical (unpaired) electrons. The van der Waals surface area contributed by atoms with Crippen LogP contribution in [0.1, 0.15) is 32.8 Å². The first-order valence-electron chi connectivity index (χ1n) is 5.35. The number of hydrogen-bond donors (Lipinski definition) is 2. The van der Waals surface area contributed by atoms with Gasteiger partial charge in [-0.25, -0.2) is 0 Å². The largest absolute Gasteiger partial charge is 0.508 e. The Labute approximate surface area is 91.6 Å². The number of aromatic hydroxyl groups is 1. The lowest BCUT2D eigenvalue weighted by Crippen LogP contribution is -2.26. The number of aliphatic hydroxyl groups is 1. The number of benzene rings is 1. The zero-order valence-electron chi connectivity index (χ0n) is 9.70. The maximum atomic E-state index is 9.85. The second-order valence-electron chi connectivity index (χ2n) is 5.09. The van der Waals surface area contributed by atoms with E-state index in [4.69, 9.17) is 0 Å². The molecule has 0 aromatic heterocycles. The van der Waals surface area contributed by atoms with Crippen LogP contribution in [0.25, 0.3) is 0 Å². The van der Waals surface area contributed by atoms with Gasteiger partial charge in [0.25, 0.3) is 0 Å². The van der Waals surface area contributed by atoms with Gasteiger partial charge in [-0.1, -0.05) is 32.9 Å². The molecule has 1 aromatic rings. The zero-order valence-corrected chi connectivity index (χ0v) is 9.70. The summed E-state index contributed by atoms with van der Waals surface area (Å²) in [5.41, 5.74) is 0.995. The highest BCUT2D eigenvalue weighted by Crippen LogP contribution is 2.23. The molecule has 0 spiro atoms. The van der Waals surface area contributed by atoms with Gasteiger partial charge in [0.1, 0.15) is 5.75 Å². The van der Waals surface area contributed by atoms with Crippen molar-refractivity contribution < 1.29 is 10.2 Å². The Morgan fingerprint density at radius 3 is 2.47 bits per heavy atom. The molecule has 15 heavy (non-hydrogen) atoms. The van der Waals surface area contributed by atoms with Gasteiger partial charge in [-0.3, -0.25) is 0 Å². The van der Waals surface area contributed by atoms with Crippen LogP contribution in [0.2, 0.25) is 0 Å². The van der Waals surface area contributed by atoms with Gasteiger partial charge in [-0.05, 0) is 36.0 Å². The standard InChI is InChI=1S/C13H20O2/c1-13(2,3)12(15)8-7-10-5-4-6-11(14)9-10/h4-6,9,12,14-15H,7-8H2,1-3H3. The first kappa shape index (κ1) is 12.1. The lowest BCUT2D eigenvalue weighted by molar-refractivity contribution is 0.0560. The number of aryl methyl sites for hydroxylation is 1. The van der Waals surface area contributed by atoms with Crippen molar-refractivity contribution in [2.24, 2.45) is 5.41 Å². The third-order valence-electron chi connectivity index (χ3n) is 2.62. The van der Waals surface area contributed by atoms with Crippen molar-refractivity contribution >= 4 is 0 Å². The zero-order chi connectivity index (χ0) is 11.5. The Balaban J connectivity index is 2.51. The van der Waals surface area contributed by atoms with Crippen molar-refractivity contribution in [1.29, 1.82) is 0 Å². The maximum absolute atomic E-state index is 9.85. The molecule has 0 saturated heterocycles. The normalized spacial score (nSPS) is 13.9. The molecule has 0 saturated carbocycles. The van der Waals surface area contributed by atoms with E-state index in [9.17, 15) is 10.2 Å². The van der Waals surface area contributed by atoms with E-state index in [0.29, 0.717) is 0 Å². The molecular weight excluding hydrogens is 188 g/mol. The van der Waals surface area contributed by atoms with Gasteiger partial charge in [0, 0.05) is 0 Å². The minimum Gasteiger partial charge on any atom is -0.508 e. The second-order valence-corrected chi connectivity index (χ2v) is 5.09. The molecule has 0 heterocycles. The van der Waals surface area contributed by atoms with Crippen molar-refractivity contribution in [3.05, 3.63) is 29.8 Å². The Kier molecular flexibility index (Phi) is 3.75. The molecule has 84 valence electrons. The summed E-state index contributed by atoms with van der Waals surface area (Å²) in [4.78, 5) is 0. The van der Waals surface area contributed by atoms with E-state index in [-0.39, 0.29) is 17.3 Å². The molecule has 0 bridgehead atoms. The number of phenols is 1. The highest BCUT2D eigenvalue weighted by atomic mass is 16.3. The molecule has 2 nitrogen and oxygen atoms in total. The van der Waals surface area contributed by atoms with Crippen LogP contribution in [0.4, 0.5) is 0 Å². The predicted octanol–water partition coefficient (Wildman–Crippen LogP) is 2.73. The van der Waals surface area contributed by atoms with Crippen molar-refractivity contribution in [3.63, 3.8) is 0 Å². The summed E-state index contributed by atoms with van der Waals surface area (Å²) in [6.07, 6.45) is 1.22. The van der Waals surface area contributed by atoms with Crippen LogP contribution in [0.3, 0.4) is 0 Å². The molecule has 1 rings (SSSR count). The highest BCUT2D eigenvalue weighted by molar-refractivity contribution is 5.27. The molecule has 1 aromatic carbocycles. The van der Waals surface area contributed by atoms with Gasteiger partial charge < -0.3 is 10.2 Å². The van der Waals surface area contributed by atoms with E-state index in [1.54, 1.807) is 12.1 Å². The molecule has 0 aliphatic rings. The molecule has 0 aliphatic heterocycles. The number of aliphatic hydroxyl groups excluding tert-OH is 1. The lowest BCUT2D eigenvalue weighted by atomic mass is 9.86. The summed E-state index contributed by atoms with van der Waals surface area (Å²) in [5, 5.41) is 19.1. The monoisotopic (exact) mass is 208 g/mol. The smallest absolute Gasteiger partial charge is 0.115 e. The lowest BCUT2D eigenvalue weighted by Gasteiger charge is -2.25. The first-order chi connectivity index (χ1) is 6.89. The molecule has 0 aliphatic carbocycles. The van der Waals surface area contributed by atoms with Gasteiger partial charge in [0.2, 0.25) is 0 Å². The quantitative estimate of drug-likeness (QED) is 0.801. The van der Waals surface area contributed by atoms with E-state index in [0.717, 1.165) is 18.4 Å². The highest BCUT2D eigenvalue weighted by Gasteiger charge is 2.21. The summed E-state index contributed by atoms with van der Waals surface area (Å²) in [5.74, 6) is 0.290. The fraction of sp³-hybridized carbons (Fsp3) is 0.538. The van der Waals surface area contributed by atoms with Crippen molar-refractivity contribution in [2.75, 3.05) is 0 Å². The SMILES string of the molecule is CC(C)(C)C(O)CCc1cccc(O)c1. The third kappa shape index (κ3) is 3.92. The Hall–Kier alpha value is -1.02. The van der Waals surface area contributed by atoms with Gasteiger partial charge in [-0.2, -0.15) is 0 Å². The summed E-state index contributed by atoms with van der Waals surface area (Å²) in [6, 6.07) is 7.20. The van der Waals surface area contributed by atoms with Crippen molar-refractivity contribution in [3.8, 4) is 5.75 Å². The van der Waals surface area contributed by atoms with Gasteiger partial charge in [-0.15, -0.1) is 0 Å². The van der Waals surface area contributed by atoms with Crippen molar-refractivity contribution in [1.82, 2.24) is 0 Å². The van der Waals surface area contributed by atoms with Crippen LogP contribution in [-0.2, 0) is 6.42 Å². The molecule has 1 atom stereocenters. The predicted molar refractivity (Wildman–Crippen MR) is 61.9 cm³/mol. The van der Waals surface area contributed by atoms with E-state index < -0.39 is 0 Å². The topological polar surface area (TPSA) is 40.5 Å². The second kappa shape index (κ2) is 4.67. The van der Waals surface area contributed by atoms with Crippen LogP contribution in [-0.4, -0.2) is 16.3 Å².